The Morgan fingerprint density at radius 1 is 1.29 bits per heavy atom. The fourth-order valence-corrected chi connectivity index (χ4v) is 2.02. The zero-order valence-electron chi connectivity index (χ0n) is 8.08. The molecule has 1 saturated carbocycles. The van der Waals surface area contributed by atoms with E-state index in [1.54, 1.807) is 0 Å². The number of carbonyl (C=O) groups is 1. The zero-order chi connectivity index (χ0) is 10.6. The molecule has 0 atom stereocenters. The van der Waals surface area contributed by atoms with E-state index in [1.165, 1.54) is 0 Å². The number of rotatable bonds is 3. The van der Waals surface area contributed by atoms with Gasteiger partial charge in [-0.2, -0.15) is 0 Å². The number of aliphatic imine (C=N–C) groups is 1. The molecule has 0 aromatic heterocycles. The Morgan fingerprint density at radius 3 is 2.29 bits per heavy atom. The molecule has 80 valence electrons. The van der Waals surface area contributed by atoms with Crippen LogP contribution in [0.5, 0.6) is 0 Å². The minimum absolute atomic E-state index is 0.0483. The van der Waals surface area contributed by atoms with Gasteiger partial charge in [-0.3, -0.25) is 9.79 Å². The number of nitrogens with two attached hydrogens (primary N) is 2. The molecule has 0 aromatic rings. The van der Waals surface area contributed by atoms with Crippen LogP contribution in [0.1, 0.15) is 25.7 Å². The van der Waals surface area contributed by atoms with E-state index in [2.05, 4.69) is 4.99 Å². The van der Waals surface area contributed by atoms with Crippen LogP contribution in [0.2, 0.25) is 0 Å². The SMILES string of the molecule is NC(N)=NCC1CCC(C(=O)Cl)CC1. The van der Waals surface area contributed by atoms with Gasteiger partial charge in [0.2, 0.25) is 5.24 Å². The van der Waals surface area contributed by atoms with Gasteiger partial charge < -0.3 is 11.5 Å². The first-order valence-corrected chi connectivity index (χ1v) is 5.22. The van der Waals surface area contributed by atoms with Crippen LogP contribution >= 0.6 is 11.6 Å². The molecular weight excluding hydrogens is 202 g/mol. The second-order valence-corrected chi connectivity index (χ2v) is 4.16. The summed E-state index contributed by atoms with van der Waals surface area (Å²) in [6.45, 7) is 0.672. The third kappa shape index (κ3) is 3.54. The van der Waals surface area contributed by atoms with Gasteiger partial charge in [0.1, 0.15) is 0 Å². The lowest BCUT2D eigenvalue weighted by molar-refractivity contribution is -0.116. The van der Waals surface area contributed by atoms with Gasteiger partial charge in [-0.25, -0.2) is 0 Å². The molecule has 0 saturated heterocycles. The van der Waals surface area contributed by atoms with E-state index in [0.29, 0.717) is 12.5 Å². The van der Waals surface area contributed by atoms with Gasteiger partial charge in [0, 0.05) is 12.5 Å². The van der Waals surface area contributed by atoms with Gasteiger partial charge in [0.25, 0.3) is 0 Å². The van der Waals surface area contributed by atoms with Crippen LogP contribution < -0.4 is 11.5 Å². The van der Waals surface area contributed by atoms with Crippen molar-refractivity contribution in [2.45, 2.75) is 25.7 Å². The van der Waals surface area contributed by atoms with Crippen molar-refractivity contribution in [2.24, 2.45) is 28.3 Å². The quantitative estimate of drug-likeness (QED) is 0.418. The second kappa shape index (κ2) is 5.20. The molecule has 4 nitrogen and oxygen atoms in total. The maximum atomic E-state index is 10.9. The first-order valence-electron chi connectivity index (χ1n) is 4.84. The predicted molar refractivity (Wildman–Crippen MR) is 57.0 cm³/mol. The summed E-state index contributed by atoms with van der Waals surface area (Å²) in [5.41, 5.74) is 10.5. The van der Waals surface area contributed by atoms with Gasteiger partial charge in [0.15, 0.2) is 5.96 Å². The smallest absolute Gasteiger partial charge is 0.224 e. The molecule has 1 fully saturated rings. The topological polar surface area (TPSA) is 81.5 Å². The summed E-state index contributed by atoms with van der Waals surface area (Å²) in [6.07, 6.45) is 3.71. The van der Waals surface area contributed by atoms with Crippen LogP contribution in [0.3, 0.4) is 0 Å². The molecule has 0 aromatic carbocycles. The van der Waals surface area contributed by atoms with Crippen LogP contribution in [0, 0.1) is 11.8 Å². The summed E-state index contributed by atoms with van der Waals surface area (Å²) < 4.78 is 0. The fraction of sp³-hybridized carbons (Fsp3) is 0.778. The van der Waals surface area contributed by atoms with Crippen LogP contribution in [0.15, 0.2) is 4.99 Å². The maximum Gasteiger partial charge on any atom is 0.224 e. The minimum atomic E-state index is -0.203. The highest BCUT2D eigenvalue weighted by atomic mass is 35.5. The lowest BCUT2D eigenvalue weighted by Gasteiger charge is -2.24. The number of nitrogens with zero attached hydrogens (tertiary/aromatic N) is 1. The van der Waals surface area contributed by atoms with Crippen LogP contribution in [0.4, 0.5) is 0 Å². The van der Waals surface area contributed by atoms with Crippen molar-refractivity contribution < 1.29 is 4.79 Å². The lowest BCUT2D eigenvalue weighted by Crippen LogP contribution is -2.25. The number of hydrogen-bond acceptors (Lipinski definition) is 2. The number of halogens is 1. The van der Waals surface area contributed by atoms with Gasteiger partial charge in [-0.15, -0.1) is 0 Å². The van der Waals surface area contributed by atoms with Crippen LogP contribution in [-0.2, 0) is 4.79 Å². The minimum Gasteiger partial charge on any atom is -0.370 e. The number of hydrogen-bond donors (Lipinski definition) is 2. The number of guanidine groups is 1. The standard InChI is InChI=1S/C9H16ClN3O/c10-8(14)7-3-1-6(2-4-7)5-13-9(11)12/h6-7H,1-5H2,(H4,11,12,13). The monoisotopic (exact) mass is 217 g/mol. The van der Waals surface area contributed by atoms with E-state index in [0.717, 1.165) is 25.7 Å². The van der Waals surface area contributed by atoms with Crippen molar-refractivity contribution >= 4 is 22.8 Å². The Morgan fingerprint density at radius 2 is 1.86 bits per heavy atom. The van der Waals surface area contributed by atoms with Gasteiger partial charge in [-0.1, -0.05) is 0 Å². The molecule has 14 heavy (non-hydrogen) atoms. The number of carbonyl (C=O) groups excluding carboxylic acids is 1. The first-order chi connectivity index (χ1) is 6.59. The molecule has 0 bridgehead atoms. The highest BCUT2D eigenvalue weighted by Gasteiger charge is 2.24. The predicted octanol–water partition coefficient (Wildman–Crippen LogP) is 0.832. The molecular formula is C9H16ClN3O. The molecule has 0 heterocycles. The van der Waals surface area contributed by atoms with E-state index in [1.807, 2.05) is 0 Å². The third-order valence-electron chi connectivity index (χ3n) is 2.70. The molecule has 4 N–H and O–H groups in total. The van der Waals surface area contributed by atoms with E-state index < -0.39 is 0 Å². The van der Waals surface area contributed by atoms with Crippen molar-refractivity contribution in [3.8, 4) is 0 Å². The highest BCUT2D eigenvalue weighted by molar-refractivity contribution is 6.63. The summed E-state index contributed by atoms with van der Waals surface area (Å²) >= 11 is 5.43. The molecule has 5 heteroatoms. The van der Waals surface area contributed by atoms with Crippen molar-refractivity contribution in [3.05, 3.63) is 0 Å². The molecule has 1 aliphatic rings. The van der Waals surface area contributed by atoms with Crippen molar-refractivity contribution in [1.82, 2.24) is 0 Å². The van der Waals surface area contributed by atoms with E-state index in [9.17, 15) is 4.79 Å². The largest absolute Gasteiger partial charge is 0.370 e. The molecule has 1 aliphatic carbocycles. The molecule has 0 unspecified atom stereocenters. The Bertz CT molecular complexity index is 230. The first kappa shape index (κ1) is 11.3. The second-order valence-electron chi connectivity index (χ2n) is 3.79. The van der Waals surface area contributed by atoms with E-state index in [-0.39, 0.29) is 17.1 Å². The lowest BCUT2D eigenvalue weighted by atomic mass is 9.83. The zero-order valence-corrected chi connectivity index (χ0v) is 8.83. The van der Waals surface area contributed by atoms with Gasteiger partial charge in [-0.05, 0) is 43.2 Å². The molecule has 0 radical (unpaired) electrons. The summed E-state index contributed by atoms with van der Waals surface area (Å²) in [4.78, 5) is 14.8. The summed E-state index contributed by atoms with van der Waals surface area (Å²) in [7, 11) is 0. The van der Waals surface area contributed by atoms with E-state index in [4.69, 9.17) is 23.1 Å². The van der Waals surface area contributed by atoms with Gasteiger partial charge in [0.05, 0.1) is 0 Å². The van der Waals surface area contributed by atoms with Crippen molar-refractivity contribution in [1.29, 1.82) is 0 Å². The van der Waals surface area contributed by atoms with E-state index >= 15 is 0 Å². The maximum absolute atomic E-state index is 10.9. The Hall–Kier alpha value is -0.770. The summed E-state index contributed by atoms with van der Waals surface area (Å²) in [5, 5.41) is -0.203. The molecule has 0 aliphatic heterocycles. The molecule has 0 spiro atoms. The Labute approximate surface area is 88.7 Å². The van der Waals surface area contributed by atoms with Crippen LogP contribution in [-0.4, -0.2) is 17.7 Å². The molecule has 1 rings (SSSR count). The average molecular weight is 218 g/mol. The van der Waals surface area contributed by atoms with Gasteiger partial charge >= 0.3 is 0 Å². The fourth-order valence-electron chi connectivity index (χ4n) is 1.81. The van der Waals surface area contributed by atoms with Crippen molar-refractivity contribution in [2.75, 3.05) is 6.54 Å². The normalized spacial score (nSPS) is 26.9. The molecule has 0 amide bonds. The third-order valence-corrected chi connectivity index (χ3v) is 3.01. The summed E-state index contributed by atoms with van der Waals surface area (Å²) in [6, 6.07) is 0. The van der Waals surface area contributed by atoms with Crippen molar-refractivity contribution in [3.63, 3.8) is 0 Å². The average Bonchev–Trinajstić information content (AvgIpc) is 2.15. The Balaban J connectivity index is 2.29. The Kier molecular flexibility index (Phi) is 4.20. The highest BCUT2D eigenvalue weighted by Crippen LogP contribution is 2.30. The summed E-state index contributed by atoms with van der Waals surface area (Å²) in [5.74, 6) is 0.692. The van der Waals surface area contributed by atoms with Crippen LogP contribution in [0.25, 0.3) is 0 Å².